The van der Waals surface area contributed by atoms with E-state index in [0.717, 1.165) is 14.9 Å². The van der Waals surface area contributed by atoms with Crippen molar-refractivity contribution in [2.75, 3.05) is 19.8 Å². The molecule has 0 aliphatic rings. The van der Waals surface area contributed by atoms with Crippen LogP contribution in [0.5, 0.6) is 0 Å². The summed E-state index contributed by atoms with van der Waals surface area (Å²) in [4.78, 5) is 14.0. The molecule has 94 valence electrons. The lowest BCUT2D eigenvalue weighted by Crippen LogP contribution is -2.23. The summed E-state index contributed by atoms with van der Waals surface area (Å²) < 4.78 is 0.946. The number of aliphatic hydroxyl groups is 1. The Morgan fingerprint density at radius 2 is 2.18 bits per heavy atom. The summed E-state index contributed by atoms with van der Waals surface area (Å²) in [5.41, 5.74) is 0.852. The number of carbonyl (C=O) groups is 1. The maximum absolute atomic E-state index is 11.5. The Bertz CT molecular complexity index is 407. The number of benzene rings is 1. The summed E-state index contributed by atoms with van der Waals surface area (Å²) in [6.07, 6.45) is -0.528. The molecule has 1 atom stereocenters. The molecule has 0 saturated carbocycles. The molecule has 5 heteroatoms. The summed E-state index contributed by atoms with van der Waals surface area (Å²) >= 11 is 4.84. The number of hydrogen-bond acceptors (Lipinski definition) is 3. The second kappa shape index (κ2) is 6.42. The van der Waals surface area contributed by atoms with Crippen molar-refractivity contribution in [3.63, 3.8) is 0 Å². The van der Waals surface area contributed by atoms with Crippen LogP contribution < -0.4 is 0 Å². The van der Waals surface area contributed by atoms with Crippen molar-refractivity contribution in [3.8, 4) is 0 Å². The number of amides is 1. The molecular formula is C12H16BrNO2S. The monoisotopic (exact) mass is 317 g/mol. The highest BCUT2D eigenvalue weighted by molar-refractivity contribution is 9.10. The minimum atomic E-state index is -0.528. The minimum Gasteiger partial charge on any atom is -0.389 e. The van der Waals surface area contributed by atoms with Crippen molar-refractivity contribution in [3.05, 3.63) is 28.2 Å². The van der Waals surface area contributed by atoms with E-state index >= 15 is 0 Å². The van der Waals surface area contributed by atoms with Crippen LogP contribution in [-0.4, -0.2) is 35.8 Å². The van der Waals surface area contributed by atoms with Crippen LogP contribution in [0.3, 0.4) is 0 Å². The lowest BCUT2D eigenvalue weighted by atomic mass is 10.1. The molecule has 0 aromatic heterocycles. The fourth-order valence-electron chi connectivity index (χ4n) is 1.25. The Morgan fingerprint density at radius 3 is 2.71 bits per heavy atom. The molecule has 1 amide bonds. The van der Waals surface area contributed by atoms with Crippen molar-refractivity contribution in [1.29, 1.82) is 0 Å². The quantitative estimate of drug-likeness (QED) is 0.868. The van der Waals surface area contributed by atoms with Gasteiger partial charge in [-0.25, -0.2) is 0 Å². The number of nitrogens with zero attached hydrogens (tertiary/aromatic N) is 1. The van der Waals surface area contributed by atoms with Gasteiger partial charge in [0.1, 0.15) is 0 Å². The van der Waals surface area contributed by atoms with Gasteiger partial charge >= 0.3 is 0 Å². The third-order valence-corrected chi connectivity index (χ3v) is 3.82. The van der Waals surface area contributed by atoms with Crippen LogP contribution in [0.15, 0.2) is 27.6 Å². The average Bonchev–Trinajstić information content (AvgIpc) is 2.25. The van der Waals surface area contributed by atoms with E-state index in [9.17, 15) is 9.90 Å². The summed E-state index contributed by atoms with van der Waals surface area (Å²) in [5.74, 6) is 0.440. The Hall–Kier alpha value is -0.520. The third-order valence-electron chi connectivity index (χ3n) is 2.28. The molecule has 1 aromatic carbocycles. The molecule has 1 unspecified atom stereocenters. The van der Waals surface area contributed by atoms with Crippen molar-refractivity contribution in [2.45, 2.75) is 17.9 Å². The van der Waals surface area contributed by atoms with E-state index in [4.69, 9.17) is 0 Å². The van der Waals surface area contributed by atoms with Crippen LogP contribution in [0.25, 0.3) is 0 Å². The van der Waals surface area contributed by atoms with Crippen LogP contribution in [0.4, 0.5) is 0 Å². The molecule has 3 nitrogen and oxygen atoms in total. The molecule has 0 spiro atoms. The first-order chi connectivity index (χ1) is 7.91. The molecule has 0 aliphatic heterocycles. The topological polar surface area (TPSA) is 40.5 Å². The van der Waals surface area contributed by atoms with E-state index in [-0.39, 0.29) is 5.91 Å². The Labute approximate surface area is 114 Å². The van der Waals surface area contributed by atoms with Gasteiger partial charge in [-0.3, -0.25) is 4.79 Å². The molecule has 0 heterocycles. The van der Waals surface area contributed by atoms with Crippen molar-refractivity contribution < 1.29 is 9.90 Å². The van der Waals surface area contributed by atoms with Crippen LogP contribution in [0.1, 0.15) is 18.6 Å². The number of hydrogen-bond donors (Lipinski definition) is 1. The zero-order valence-corrected chi connectivity index (χ0v) is 12.5. The average molecular weight is 318 g/mol. The fraction of sp³-hybridized carbons (Fsp3) is 0.417. The Balaban J connectivity index is 2.82. The van der Waals surface area contributed by atoms with Gasteiger partial charge in [0, 0.05) is 23.5 Å². The predicted octanol–water partition coefficient (Wildman–Crippen LogP) is 2.68. The van der Waals surface area contributed by atoms with Crippen LogP contribution in [0, 0.1) is 0 Å². The summed E-state index contributed by atoms with van der Waals surface area (Å²) in [7, 11) is 3.47. The normalized spacial score (nSPS) is 12.3. The van der Waals surface area contributed by atoms with Gasteiger partial charge in [0.25, 0.3) is 0 Å². The van der Waals surface area contributed by atoms with E-state index < -0.39 is 6.10 Å². The van der Waals surface area contributed by atoms with Gasteiger partial charge in [0.15, 0.2) is 0 Å². The van der Waals surface area contributed by atoms with Crippen molar-refractivity contribution in [1.82, 2.24) is 4.90 Å². The number of thioether (sulfide) groups is 1. The number of carbonyl (C=O) groups excluding carboxylic acids is 1. The molecule has 0 aliphatic carbocycles. The van der Waals surface area contributed by atoms with E-state index in [1.807, 2.05) is 18.2 Å². The Morgan fingerprint density at radius 1 is 1.53 bits per heavy atom. The molecule has 1 aromatic rings. The zero-order chi connectivity index (χ0) is 13.0. The lowest BCUT2D eigenvalue weighted by molar-refractivity contribution is -0.125. The standard InChI is InChI=1S/C12H16BrNO2S/c1-8(15)10-5-4-9(13)6-11(10)17-7-12(16)14(2)3/h4-6,8,15H,7H2,1-3H3. The van der Waals surface area contributed by atoms with E-state index in [1.54, 1.807) is 25.9 Å². The van der Waals surface area contributed by atoms with Gasteiger partial charge in [-0.1, -0.05) is 22.0 Å². The first-order valence-corrected chi connectivity index (χ1v) is 7.00. The summed E-state index contributed by atoms with van der Waals surface area (Å²) in [6, 6.07) is 5.69. The van der Waals surface area contributed by atoms with Gasteiger partial charge in [-0.05, 0) is 24.6 Å². The van der Waals surface area contributed by atoms with Gasteiger partial charge in [0.05, 0.1) is 11.9 Å². The Kier molecular flexibility index (Phi) is 5.49. The first-order valence-electron chi connectivity index (χ1n) is 5.22. The van der Waals surface area contributed by atoms with Gasteiger partial charge in [-0.15, -0.1) is 11.8 Å². The fourth-order valence-corrected chi connectivity index (χ4v) is 2.91. The molecule has 1 N–H and O–H groups in total. The van der Waals surface area contributed by atoms with E-state index in [2.05, 4.69) is 15.9 Å². The second-order valence-corrected chi connectivity index (χ2v) is 5.87. The highest BCUT2D eigenvalue weighted by Gasteiger charge is 2.11. The van der Waals surface area contributed by atoms with E-state index in [0.29, 0.717) is 5.75 Å². The zero-order valence-electron chi connectivity index (χ0n) is 10.1. The molecule has 0 fully saturated rings. The number of halogens is 1. The molecule has 0 radical (unpaired) electrons. The third kappa shape index (κ3) is 4.33. The van der Waals surface area contributed by atoms with Crippen molar-refractivity contribution in [2.24, 2.45) is 0 Å². The van der Waals surface area contributed by atoms with E-state index in [1.165, 1.54) is 11.8 Å². The smallest absolute Gasteiger partial charge is 0.232 e. The van der Waals surface area contributed by atoms with Crippen LogP contribution >= 0.6 is 27.7 Å². The highest BCUT2D eigenvalue weighted by Crippen LogP contribution is 2.30. The number of rotatable bonds is 4. The maximum Gasteiger partial charge on any atom is 0.232 e. The molecule has 1 rings (SSSR count). The maximum atomic E-state index is 11.5. The largest absolute Gasteiger partial charge is 0.389 e. The number of aliphatic hydroxyl groups excluding tert-OH is 1. The van der Waals surface area contributed by atoms with Gasteiger partial charge < -0.3 is 10.0 Å². The van der Waals surface area contributed by atoms with Crippen LogP contribution in [0.2, 0.25) is 0 Å². The van der Waals surface area contributed by atoms with Crippen LogP contribution in [-0.2, 0) is 4.79 Å². The molecule has 17 heavy (non-hydrogen) atoms. The lowest BCUT2D eigenvalue weighted by Gasteiger charge is -2.13. The summed E-state index contributed by atoms with van der Waals surface area (Å²) in [5, 5.41) is 9.65. The molecule has 0 bridgehead atoms. The highest BCUT2D eigenvalue weighted by atomic mass is 79.9. The second-order valence-electron chi connectivity index (χ2n) is 3.93. The predicted molar refractivity (Wildman–Crippen MR) is 74.2 cm³/mol. The summed E-state index contributed by atoms with van der Waals surface area (Å²) in [6.45, 7) is 1.72. The van der Waals surface area contributed by atoms with Crippen molar-refractivity contribution >= 4 is 33.6 Å². The van der Waals surface area contributed by atoms with Gasteiger partial charge in [-0.2, -0.15) is 0 Å². The van der Waals surface area contributed by atoms with Gasteiger partial charge in [0.2, 0.25) is 5.91 Å². The first kappa shape index (κ1) is 14.5. The SMILES string of the molecule is CC(O)c1ccc(Br)cc1SCC(=O)N(C)C. The molecular weight excluding hydrogens is 302 g/mol. The minimum absolute atomic E-state index is 0.0616. The molecule has 0 saturated heterocycles.